The molecule has 0 radical (unpaired) electrons. The van der Waals surface area contributed by atoms with Crippen molar-refractivity contribution in [1.82, 2.24) is 35.5 Å². The van der Waals surface area contributed by atoms with E-state index in [2.05, 4.69) is 35.8 Å². The minimum Gasteiger partial charge on any atom is -0.497 e. The Kier molecular flexibility index (Phi) is 8.63. The molecular weight excluding hydrogens is 658 g/mol. The van der Waals surface area contributed by atoms with E-state index < -0.39 is 28.4 Å². The van der Waals surface area contributed by atoms with Crippen LogP contribution >= 0.6 is 0 Å². The van der Waals surface area contributed by atoms with Gasteiger partial charge in [0, 0.05) is 38.7 Å². The Hall–Kier alpha value is -4.97. The molecule has 0 bridgehead atoms. The van der Waals surface area contributed by atoms with Gasteiger partial charge in [0.2, 0.25) is 10.0 Å². The van der Waals surface area contributed by atoms with Crippen molar-refractivity contribution in [3.63, 3.8) is 0 Å². The predicted molar refractivity (Wildman–Crippen MR) is 170 cm³/mol. The van der Waals surface area contributed by atoms with E-state index in [1.54, 1.807) is 18.2 Å². The minimum absolute atomic E-state index is 0.0203. The summed E-state index contributed by atoms with van der Waals surface area (Å²) >= 11 is 0. The fourth-order valence-electron chi connectivity index (χ4n) is 5.50. The molecule has 3 aromatic heterocycles. The largest absolute Gasteiger partial charge is 0.497 e. The number of nitrogens with one attached hydrogen (secondary N) is 4. The van der Waals surface area contributed by atoms with Gasteiger partial charge in [0.1, 0.15) is 17.3 Å². The highest BCUT2D eigenvalue weighted by Gasteiger charge is 2.31. The van der Waals surface area contributed by atoms with E-state index in [-0.39, 0.29) is 40.7 Å². The first-order chi connectivity index (χ1) is 22.8. The predicted octanol–water partition coefficient (Wildman–Crippen LogP) is 4.32. The minimum atomic E-state index is -4.63. The fourth-order valence-corrected chi connectivity index (χ4v) is 6.03. The lowest BCUT2D eigenvalue weighted by molar-refractivity contribution is -0.127. The summed E-state index contributed by atoms with van der Waals surface area (Å²) in [4.78, 5) is 17.1. The number of nitrogens with zero attached hydrogens (tertiary/aromatic N) is 5. The first-order valence-electron chi connectivity index (χ1n) is 14.6. The molecule has 48 heavy (non-hydrogen) atoms. The molecule has 2 aromatic carbocycles. The zero-order chi connectivity index (χ0) is 34.4. The van der Waals surface area contributed by atoms with Gasteiger partial charge in [0.05, 0.1) is 49.4 Å². The number of alkyl halides is 3. The van der Waals surface area contributed by atoms with Crippen LogP contribution < -0.4 is 24.4 Å². The molecule has 1 aliphatic rings. The molecule has 254 valence electrons. The highest BCUT2D eigenvalue weighted by molar-refractivity contribution is 7.92. The normalized spacial score (nSPS) is 13.4. The SMILES string of the molecule is COc1ccc(N(C)S(C)(=O)=O)c(CNc2nc(-c3cc(F)c(OC)cc3CC(F)(F)F)nc3n[nH]c(-c4nc5c([nH]4)CNCC5)c23)c1. The summed E-state index contributed by atoms with van der Waals surface area (Å²) in [6, 6.07) is 6.72. The fraction of sp³-hybridized carbons (Fsp3) is 0.333. The van der Waals surface area contributed by atoms with Crippen molar-refractivity contribution in [2.45, 2.75) is 32.1 Å². The van der Waals surface area contributed by atoms with Gasteiger partial charge in [-0.15, -0.1) is 0 Å². The van der Waals surface area contributed by atoms with Crippen molar-refractivity contribution in [2.75, 3.05) is 43.7 Å². The number of methoxy groups -OCH3 is 2. The molecule has 0 unspecified atom stereocenters. The summed E-state index contributed by atoms with van der Waals surface area (Å²) in [5.74, 6) is -0.481. The number of halogens is 4. The maximum absolute atomic E-state index is 15.0. The summed E-state index contributed by atoms with van der Waals surface area (Å²) in [6.45, 7) is 1.31. The van der Waals surface area contributed by atoms with Crippen LogP contribution in [0, 0.1) is 5.82 Å². The Morgan fingerprint density at radius 1 is 1.06 bits per heavy atom. The van der Waals surface area contributed by atoms with Crippen molar-refractivity contribution in [3.8, 4) is 34.4 Å². The number of imidazole rings is 1. The van der Waals surface area contributed by atoms with E-state index in [4.69, 9.17) is 14.5 Å². The quantitative estimate of drug-likeness (QED) is 0.155. The summed E-state index contributed by atoms with van der Waals surface area (Å²) < 4.78 is 92.3. The van der Waals surface area contributed by atoms with Crippen LogP contribution in [0.4, 0.5) is 29.1 Å². The number of rotatable bonds is 10. The van der Waals surface area contributed by atoms with Crippen LogP contribution in [0.2, 0.25) is 0 Å². The van der Waals surface area contributed by atoms with Crippen LogP contribution in [0.5, 0.6) is 11.5 Å². The van der Waals surface area contributed by atoms with Crippen LogP contribution in [0.15, 0.2) is 30.3 Å². The number of hydrogen-bond donors (Lipinski definition) is 4. The zero-order valence-electron chi connectivity index (χ0n) is 26.2. The van der Waals surface area contributed by atoms with Crippen LogP contribution in [0.25, 0.3) is 33.9 Å². The maximum Gasteiger partial charge on any atom is 0.393 e. The lowest BCUT2D eigenvalue weighted by atomic mass is 10.0. The van der Waals surface area contributed by atoms with E-state index in [9.17, 15) is 26.0 Å². The molecule has 0 saturated heterocycles. The summed E-state index contributed by atoms with van der Waals surface area (Å²) in [7, 11) is 0.374. The molecule has 18 heteroatoms. The third-order valence-electron chi connectivity index (χ3n) is 7.93. The van der Waals surface area contributed by atoms with Crippen molar-refractivity contribution >= 4 is 32.6 Å². The number of aromatic amines is 2. The molecule has 4 N–H and O–H groups in total. The van der Waals surface area contributed by atoms with Gasteiger partial charge in [-0.3, -0.25) is 9.40 Å². The van der Waals surface area contributed by atoms with E-state index in [0.29, 0.717) is 46.9 Å². The van der Waals surface area contributed by atoms with Gasteiger partial charge in [0.15, 0.2) is 28.9 Å². The highest BCUT2D eigenvalue weighted by Crippen LogP contribution is 2.37. The second-order valence-corrected chi connectivity index (χ2v) is 13.2. The molecule has 0 fully saturated rings. The molecule has 0 amide bonds. The number of aromatic nitrogens is 6. The molecule has 0 saturated carbocycles. The molecule has 1 aliphatic heterocycles. The van der Waals surface area contributed by atoms with E-state index in [0.717, 1.165) is 47.7 Å². The summed E-state index contributed by atoms with van der Waals surface area (Å²) in [5.41, 5.74) is 2.56. The van der Waals surface area contributed by atoms with Gasteiger partial charge in [-0.1, -0.05) is 0 Å². The van der Waals surface area contributed by atoms with E-state index >= 15 is 0 Å². The standard InChI is InChI=1S/C30H31F4N9O4S/c1-43(48(4,44)45)22-6-5-17(46-2)9-16(22)13-36-27-24-25(29-37-20-7-8-35-14-21(20)38-29)41-42-28(24)40-26(39-27)18-11-19(31)23(47-3)10-15(18)12-30(32,33)34/h5-6,9-11,35H,7-8,12-14H2,1-4H3,(H,37,38)(H2,36,39,40,41,42). The van der Waals surface area contributed by atoms with Crippen molar-refractivity contribution in [1.29, 1.82) is 0 Å². The number of sulfonamides is 1. The van der Waals surface area contributed by atoms with Crippen LogP contribution in [0.3, 0.4) is 0 Å². The topological polar surface area (TPSA) is 163 Å². The number of H-pyrrole nitrogens is 2. The summed E-state index contributed by atoms with van der Waals surface area (Å²) in [5, 5.41) is 14.1. The van der Waals surface area contributed by atoms with Gasteiger partial charge in [-0.25, -0.2) is 27.8 Å². The second kappa shape index (κ2) is 12.6. The molecule has 4 heterocycles. The smallest absolute Gasteiger partial charge is 0.393 e. The van der Waals surface area contributed by atoms with Crippen molar-refractivity contribution < 1.29 is 35.5 Å². The number of benzene rings is 2. The van der Waals surface area contributed by atoms with Gasteiger partial charge >= 0.3 is 6.18 Å². The highest BCUT2D eigenvalue weighted by atomic mass is 32.2. The monoisotopic (exact) mass is 689 g/mol. The summed E-state index contributed by atoms with van der Waals surface area (Å²) in [6.07, 6.45) is -4.27. The van der Waals surface area contributed by atoms with Crippen LogP contribution in [-0.4, -0.2) is 78.8 Å². The van der Waals surface area contributed by atoms with Gasteiger partial charge in [-0.2, -0.15) is 18.3 Å². The average Bonchev–Trinajstić information content (AvgIpc) is 3.67. The number of fused-ring (bicyclic) bond motifs is 2. The average molecular weight is 690 g/mol. The van der Waals surface area contributed by atoms with E-state index in [1.165, 1.54) is 14.2 Å². The van der Waals surface area contributed by atoms with Gasteiger partial charge in [0.25, 0.3) is 0 Å². The number of anilines is 2. The van der Waals surface area contributed by atoms with E-state index in [1.807, 2.05) is 0 Å². The Morgan fingerprint density at radius 3 is 2.54 bits per heavy atom. The lowest BCUT2D eigenvalue weighted by Gasteiger charge is -2.21. The molecule has 0 aliphatic carbocycles. The Labute approximate surface area is 272 Å². The van der Waals surface area contributed by atoms with Crippen molar-refractivity contribution in [2.24, 2.45) is 0 Å². The Balaban J connectivity index is 1.52. The van der Waals surface area contributed by atoms with Gasteiger partial charge < -0.3 is 25.1 Å². The maximum atomic E-state index is 15.0. The number of ether oxygens (including phenoxy) is 2. The first-order valence-corrected chi connectivity index (χ1v) is 16.4. The molecule has 6 rings (SSSR count). The first kappa shape index (κ1) is 33.0. The van der Waals surface area contributed by atoms with Crippen LogP contribution in [0.1, 0.15) is 22.5 Å². The third-order valence-corrected chi connectivity index (χ3v) is 9.13. The molecule has 0 spiro atoms. The molecular formula is C30H31F4N9O4S. The second-order valence-electron chi connectivity index (χ2n) is 11.1. The molecule has 5 aromatic rings. The van der Waals surface area contributed by atoms with Crippen molar-refractivity contribution in [3.05, 3.63) is 58.7 Å². The molecule has 13 nitrogen and oxygen atoms in total. The van der Waals surface area contributed by atoms with Gasteiger partial charge in [-0.05, 0) is 41.5 Å². The van der Waals surface area contributed by atoms with Crippen LogP contribution in [-0.2, 0) is 36.0 Å². The zero-order valence-corrected chi connectivity index (χ0v) is 27.0. The molecule has 0 atom stereocenters. The third kappa shape index (κ3) is 6.57. The Morgan fingerprint density at radius 2 is 1.85 bits per heavy atom. The Bertz CT molecular complexity index is 2090. The number of hydrogen-bond acceptors (Lipinski definition) is 10. The lowest BCUT2D eigenvalue weighted by Crippen LogP contribution is -2.26.